The van der Waals surface area contributed by atoms with E-state index in [4.69, 9.17) is 5.73 Å². The van der Waals surface area contributed by atoms with Crippen LogP contribution in [-0.2, 0) is 0 Å². The molecular formula is C14H22BrFN2. The van der Waals surface area contributed by atoms with E-state index in [0.717, 1.165) is 12.1 Å². The molecule has 1 aromatic carbocycles. The smallest absolute Gasteiger partial charge is 0.137 e. The van der Waals surface area contributed by atoms with Gasteiger partial charge in [0.05, 0.1) is 4.47 Å². The lowest BCUT2D eigenvalue weighted by Gasteiger charge is -2.27. The van der Waals surface area contributed by atoms with Gasteiger partial charge in [-0.25, -0.2) is 4.39 Å². The third kappa shape index (κ3) is 4.34. The molecule has 0 saturated heterocycles. The van der Waals surface area contributed by atoms with Crippen molar-refractivity contribution >= 4 is 15.9 Å². The third-order valence-corrected chi connectivity index (χ3v) is 3.81. The molecule has 0 aliphatic carbocycles. The molecule has 0 bridgehead atoms. The second-order valence-electron chi connectivity index (χ2n) is 4.61. The second kappa shape index (κ2) is 7.87. The van der Waals surface area contributed by atoms with Gasteiger partial charge in [-0.1, -0.05) is 25.8 Å². The van der Waals surface area contributed by atoms with E-state index < -0.39 is 0 Å². The molecule has 1 atom stereocenters. The Morgan fingerprint density at radius 2 is 2.11 bits per heavy atom. The first-order valence-electron chi connectivity index (χ1n) is 6.45. The van der Waals surface area contributed by atoms with E-state index in [0.29, 0.717) is 11.0 Å². The number of hydrogen-bond acceptors (Lipinski definition) is 2. The van der Waals surface area contributed by atoms with Gasteiger partial charge in [0.2, 0.25) is 0 Å². The maximum absolute atomic E-state index is 13.2. The zero-order valence-corrected chi connectivity index (χ0v) is 12.7. The van der Waals surface area contributed by atoms with Gasteiger partial charge in [-0.15, -0.1) is 0 Å². The minimum atomic E-state index is -0.233. The topological polar surface area (TPSA) is 29.3 Å². The monoisotopic (exact) mass is 316 g/mol. The highest BCUT2D eigenvalue weighted by molar-refractivity contribution is 9.10. The lowest BCUT2D eigenvalue weighted by atomic mass is 10.1. The van der Waals surface area contributed by atoms with Crippen LogP contribution in [0.25, 0.3) is 0 Å². The van der Waals surface area contributed by atoms with Crippen LogP contribution >= 0.6 is 15.9 Å². The molecule has 0 fully saturated rings. The molecule has 0 aromatic heterocycles. The zero-order valence-electron chi connectivity index (χ0n) is 11.1. The lowest BCUT2D eigenvalue weighted by molar-refractivity contribution is 0.245. The molecule has 0 aliphatic heterocycles. The van der Waals surface area contributed by atoms with E-state index in [2.05, 4.69) is 34.8 Å². The fourth-order valence-corrected chi connectivity index (χ4v) is 2.45. The Labute approximate surface area is 117 Å². The molecule has 18 heavy (non-hydrogen) atoms. The van der Waals surface area contributed by atoms with Crippen LogP contribution in [0, 0.1) is 5.82 Å². The van der Waals surface area contributed by atoms with Crippen LogP contribution in [0.1, 0.15) is 37.8 Å². The van der Waals surface area contributed by atoms with Crippen molar-refractivity contribution in [2.45, 2.75) is 32.2 Å². The normalized spacial score (nSPS) is 13.0. The molecule has 102 valence electrons. The SMILES string of the molecule is CCCCCN(C)C(CN)c1ccc(F)c(Br)c1. The highest BCUT2D eigenvalue weighted by Gasteiger charge is 2.16. The van der Waals surface area contributed by atoms with Crippen molar-refractivity contribution in [3.8, 4) is 0 Å². The van der Waals surface area contributed by atoms with E-state index in [9.17, 15) is 4.39 Å². The summed E-state index contributed by atoms with van der Waals surface area (Å²) in [5.41, 5.74) is 6.91. The Morgan fingerprint density at radius 1 is 1.39 bits per heavy atom. The summed E-state index contributed by atoms with van der Waals surface area (Å²) in [4.78, 5) is 2.25. The van der Waals surface area contributed by atoms with Crippen LogP contribution in [-0.4, -0.2) is 25.0 Å². The number of hydrogen-bond donors (Lipinski definition) is 1. The first kappa shape index (κ1) is 15.6. The number of likely N-dealkylation sites (N-methyl/N-ethyl adjacent to an activating group) is 1. The maximum Gasteiger partial charge on any atom is 0.137 e. The van der Waals surface area contributed by atoms with Gasteiger partial charge < -0.3 is 5.73 Å². The lowest BCUT2D eigenvalue weighted by Crippen LogP contribution is -2.31. The summed E-state index contributed by atoms with van der Waals surface area (Å²) in [6.07, 6.45) is 3.61. The summed E-state index contributed by atoms with van der Waals surface area (Å²) in [5, 5.41) is 0. The number of rotatable bonds is 7. The standard InChI is InChI=1S/C14H22BrFN2/c1-3-4-5-8-18(2)14(10-17)11-6-7-13(16)12(15)9-11/h6-7,9,14H,3-5,8,10,17H2,1-2H3. The zero-order chi connectivity index (χ0) is 13.5. The molecule has 0 heterocycles. The van der Waals surface area contributed by atoms with E-state index >= 15 is 0 Å². The van der Waals surface area contributed by atoms with E-state index in [1.165, 1.54) is 25.3 Å². The number of nitrogens with two attached hydrogens (primary N) is 1. The molecule has 4 heteroatoms. The number of benzene rings is 1. The third-order valence-electron chi connectivity index (χ3n) is 3.20. The van der Waals surface area contributed by atoms with Crippen molar-refractivity contribution in [1.82, 2.24) is 4.90 Å². The van der Waals surface area contributed by atoms with Gasteiger partial charge in [0, 0.05) is 12.6 Å². The number of unbranched alkanes of at least 4 members (excludes halogenated alkanes) is 2. The molecule has 0 spiro atoms. The molecule has 0 amide bonds. The summed E-state index contributed by atoms with van der Waals surface area (Å²) in [6, 6.07) is 5.28. The quantitative estimate of drug-likeness (QED) is 0.777. The van der Waals surface area contributed by atoms with Crippen molar-refractivity contribution < 1.29 is 4.39 Å². The van der Waals surface area contributed by atoms with Crippen LogP contribution in [0.5, 0.6) is 0 Å². The molecule has 2 N–H and O–H groups in total. The molecule has 0 radical (unpaired) electrons. The van der Waals surface area contributed by atoms with E-state index in [1.807, 2.05) is 12.1 Å². The van der Waals surface area contributed by atoms with Gasteiger partial charge >= 0.3 is 0 Å². The summed E-state index contributed by atoms with van der Waals surface area (Å²) in [6.45, 7) is 3.75. The van der Waals surface area contributed by atoms with Gasteiger partial charge in [-0.3, -0.25) is 4.90 Å². The van der Waals surface area contributed by atoms with Crippen LogP contribution in [0.15, 0.2) is 22.7 Å². The average Bonchev–Trinajstić information content (AvgIpc) is 2.35. The number of nitrogens with zero attached hydrogens (tertiary/aromatic N) is 1. The second-order valence-corrected chi connectivity index (χ2v) is 5.47. The van der Waals surface area contributed by atoms with Crippen molar-refractivity contribution in [2.75, 3.05) is 20.1 Å². The molecule has 1 rings (SSSR count). The summed E-state index contributed by atoms with van der Waals surface area (Å²) in [7, 11) is 2.07. The van der Waals surface area contributed by atoms with Crippen molar-refractivity contribution in [3.05, 3.63) is 34.1 Å². The molecule has 0 aliphatic rings. The molecular weight excluding hydrogens is 295 g/mol. The minimum Gasteiger partial charge on any atom is -0.329 e. The summed E-state index contributed by atoms with van der Waals surface area (Å²) in [5.74, 6) is -0.233. The molecule has 2 nitrogen and oxygen atoms in total. The van der Waals surface area contributed by atoms with Crippen LogP contribution in [0.4, 0.5) is 4.39 Å². The van der Waals surface area contributed by atoms with Gasteiger partial charge in [0.15, 0.2) is 0 Å². The Balaban J connectivity index is 2.72. The largest absolute Gasteiger partial charge is 0.329 e. The predicted molar refractivity (Wildman–Crippen MR) is 78.1 cm³/mol. The van der Waals surface area contributed by atoms with Crippen LogP contribution in [0.2, 0.25) is 0 Å². The van der Waals surface area contributed by atoms with Gasteiger partial charge in [0.1, 0.15) is 5.82 Å². The minimum absolute atomic E-state index is 0.152. The Morgan fingerprint density at radius 3 is 2.67 bits per heavy atom. The summed E-state index contributed by atoms with van der Waals surface area (Å²) >= 11 is 3.22. The first-order valence-corrected chi connectivity index (χ1v) is 7.24. The van der Waals surface area contributed by atoms with Crippen molar-refractivity contribution in [1.29, 1.82) is 0 Å². The molecule has 0 saturated carbocycles. The number of halogens is 2. The average molecular weight is 317 g/mol. The first-order chi connectivity index (χ1) is 8.60. The highest BCUT2D eigenvalue weighted by Crippen LogP contribution is 2.24. The maximum atomic E-state index is 13.2. The Bertz CT molecular complexity index is 371. The van der Waals surface area contributed by atoms with Crippen LogP contribution < -0.4 is 5.73 Å². The van der Waals surface area contributed by atoms with E-state index in [-0.39, 0.29) is 11.9 Å². The van der Waals surface area contributed by atoms with Crippen molar-refractivity contribution in [3.63, 3.8) is 0 Å². The van der Waals surface area contributed by atoms with Gasteiger partial charge in [-0.2, -0.15) is 0 Å². The predicted octanol–water partition coefficient (Wildman–Crippen LogP) is 3.71. The fourth-order valence-electron chi connectivity index (χ4n) is 2.06. The van der Waals surface area contributed by atoms with Crippen LogP contribution in [0.3, 0.4) is 0 Å². The van der Waals surface area contributed by atoms with Gasteiger partial charge in [0.25, 0.3) is 0 Å². The van der Waals surface area contributed by atoms with E-state index in [1.54, 1.807) is 0 Å². The molecule has 1 unspecified atom stereocenters. The van der Waals surface area contributed by atoms with Gasteiger partial charge in [-0.05, 0) is 53.6 Å². The fraction of sp³-hybridized carbons (Fsp3) is 0.571. The highest BCUT2D eigenvalue weighted by atomic mass is 79.9. The van der Waals surface area contributed by atoms with Crippen molar-refractivity contribution in [2.24, 2.45) is 5.73 Å². The Hall–Kier alpha value is -0.450. The summed E-state index contributed by atoms with van der Waals surface area (Å²) < 4.78 is 13.7. The molecule has 1 aromatic rings. The Kier molecular flexibility index (Phi) is 6.82.